The van der Waals surface area contributed by atoms with Crippen molar-refractivity contribution in [1.82, 2.24) is 9.80 Å². The van der Waals surface area contributed by atoms with Gasteiger partial charge in [0.25, 0.3) is 0 Å². The molecule has 7 heteroatoms. The second kappa shape index (κ2) is 8.26. The molecule has 0 radical (unpaired) electrons. The summed E-state index contributed by atoms with van der Waals surface area (Å²) in [5.41, 5.74) is 5.15. The Morgan fingerprint density at radius 3 is 1.88 bits per heavy atom. The van der Waals surface area contributed by atoms with Crippen LogP contribution in [0.4, 0.5) is 15.1 Å². The maximum absolute atomic E-state index is 12.8. The normalized spacial score (nSPS) is 17.3. The number of anilines is 3. The Morgan fingerprint density at radius 1 is 0.818 bits per heavy atom. The Balaban J connectivity index is 1.61. The standard InChI is InChI=1S/C26H23N3O2Te2/c1-26(2)18-9-5-7-11-20(18)29(21-12-8-6-10-19(21)26)22-14-13-16(33-22)15-17-23(30)27(3)25(32)28(4)24(17)31/h5-15H,1-4H3. The maximum atomic E-state index is 12.8. The van der Waals surface area contributed by atoms with Crippen molar-refractivity contribution >= 4 is 79.0 Å². The van der Waals surface area contributed by atoms with Crippen LogP contribution in [0.25, 0.3) is 6.08 Å². The van der Waals surface area contributed by atoms with E-state index in [0.29, 0.717) is 3.80 Å². The SMILES string of the molecule is CN1C(=O)C(=Cc2ccc(N3c4ccccc4C(C)(C)c4ccccc43)[te]2)C(=O)N(C)C1=[Te]. The molecule has 0 saturated carbocycles. The number of para-hydroxylation sites is 2. The van der Waals surface area contributed by atoms with Crippen molar-refractivity contribution in [3.05, 3.63) is 80.9 Å². The Hall–Kier alpha value is -2.15. The van der Waals surface area contributed by atoms with Gasteiger partial charge in [-0.1, -0.05) is 0 Å². The van der Waals surface area contributed by atoms with E-state index in [9.17, 15) is 9.59 Å². The minimum atomic E-state index is -0.803. The van der Waals surface area contributed by atoms with Crippen LogP contribution in [-0.4, -0.2) is 81.8 Å². The number of rotatable bonds is 2. The van der Waals surface area contributed by atoms with Gasteiger partial charge in [0.15, 0.2) is 0 Å². The number of likely N-dealkylation sites (N-methyl/N-ethyl adjacent to an activating group) is 2. The van der Waals surface area contributed by atoms with Gasteiger partial charge in [-0.2, -0.15) is 0 Å². The Labute approximate surface area is 216 Å². The average Bonchev–Trinajstić information content (AvgIpc) is 3.28. The summed E-state index contributed by atoms with van der Waals surface area (Å²) in [6.07, 6.45) is 1.81. The zero-order chi connectivity index (χ0) is 23.5. The summed E-state index contributed by atoms with van der Waals surface area (Å²) < 4.78 is 2.98. The number of hydrogen-bond acceptors (Lipinski definition) is 3. The quantitative estimate of drug-likeness (QED) is 0.240. The van der Waals surface area contributed by atoms with Gasteiger partial charge in [-0.25, -0.2) is 0 Å². The van der Waals surface area contributed by atoms with E-state index in [4.69, 9.17) is 0 Å². The van der Waals surface area contributed by atoms with Crippen molar-refractivity contribution in [3.63, 3.8) is 0 Å². The summed E-state index contributed by atoms with van der Waals surface area (Å²) in [6, 6.07) is 21.4. The summed E-state index contributed by atoms with van der Waals surface area (Å²) in [5, 5.41) is 0. The molecular weight excluding hydrogens is 642 g/mol. The number of amides is 2. The second-order valence-corrected chi connectivity index (χ2v) is 12.9. The number of hydrogen-bond donors (Lipinski definition) is 0. The van der Waals surface area contributed by atoms with E-state index < -0.39 is 20.4 Å². The van der Waals surface area contributed by atoms with Crippen molar-refractivity contribution in [3.8, 4) is 0 Å². The molecule has 0 bridgehead atoms. The third-order valence-electron chi connectivity index (χ3n) is 6.40. The molecule has 1 fully saturated rings. The van der Waals surface area contributed by atoms with Crippen molar-refractivity contribution in [2.45, 2.75) is 19.3 Å². The third-order valence-corrected chi connectivity index (χ3v) is 10.9. The molecule has 5 nitrogen and oxygen atoms in total. The fourth-order valence-electron chi connectivity index (χ4n) is 4.56. The number of benzene rings is 2. The third kappa shape index (κ3) is 3.54. The van der Waals surface area contributed by atoms with Crippen LogP contribution in [0.15, 0.2) is 66.2 Å². The molecule has 33 heavy (non-hydrogen) atoms. The van der Waals surface area contributed by atoms with Gasteiger partial charge in [0.2, 0.25) is 0 Å². The van der Waals surface area contributed by atoms with Gasteiger partial charge in [-0.05, 0) is 0 Å². The average molecular weight is 665 g/mol. The van der Waals surface area contributed by atoms with Crippen LogP contribution < -0.4 is 4.90 Å². The van der Waals surface area contributed by atoms with Crippen LogP contribution in [0.5, 0.6) is 0 Å². The molecule has 3 heterocycles. The monoisotopic (exact) mass is 669 g/mol. The summed E-state index contributed by atoms with van der Waals surface area (Å²) in [4.78, 5) is 31.1. The summed E-state index contributed by atoms with van der Waals surface area (Å²) in [7, 11) is 3.42. The molecular formula is C26H23N3O2Te2. The number of carbonyl (C=O) groups excluding carboxylic acids is 2. The fourth-order valence-corrected chi connectivity index (χ4v) is 7.83. The fraction of sp³-hybridized carbons (Fsp3) is 0.192. The molecule has 1 aromatic heterocycles. The molecule has 0 N–H and O–H groups in total. The van der Waals surface area contributed by atoms with Crippen molar-refractivity contribution in [2.24, 2.45) is 0 Å². The van der Waals surface area contributed by atoms with Crippen LogP contribution in [0, 0.1) is 0 Å². The van der Waals surface area contributed by atoms with E-state index in [2.05, 4.69) is 79.4 Å². The summed E-state index contributed by atoms with van der Waals surface area (Å²) in [6.45, 7) is 4.56. The van der Waals surface area contributed by atoms with Gasteiger partial charge in [-0.3, -0.25) is 0 Å². The Kier molecular flexibility index (Phi) is 5.66. The number of fused-ring (bicyclic) bond motifs is 2. The van der Waals surface area contributed by atoms with Gasteiger partial charge >= 0.3 is 218 Å². The van der Waals surface area contributed by atoms with Crippen molar-refractivity contribution in [1.29, 1.82) is 0 Å². The molecule has 0 spiro atoms. The van der Waals surface area contributed by atoms with E-state index in [1.54, 1.807) is 45.7 Å². The van der Waals surface area contributed by atoms with Gasteiger partial charge in [0, 0.05) is 0 Å². The molecule has 2 aromatic carbocycles. The van der Waals surface area contributed by atoms with E-state index in [1.807, 2.05) is 6.08 Å². The van der Waals surface area contributed by atoms with E-state index >= 15 is 0 Å². The van der Waals surface area contributed by atoms with Crippen LogP contribution in [0.1, 0.15) is 28.6 Å². The van der Waals surface area contributed by atoms with Gasteiger partial charge in [0.05, 0.1) is 0 Å². The topological polar surface area (TPSA) is 43.9 Å². The van der Waals surface area contributed by atoms with Crippen LogP contribution in [0.2, 0.25) is 0 Å². The van der Waals surface area contributed by atoms with Crippen LogP contribution in [0.3, 0.4) is 0 Å². The second-order valence-electron chi connectivity index (χ2n) is 8.74. The Bertz CT molecular complexity index is 1280. The molecule has 3 aromatic rings. The molecule has 2 amide bonds. The first-order valence-electron chi connectivity index (χ1n) is 10.6. The van der Waals surface area contributed by atoms with Crippen molar-refractivity contribution in [2.75, 3.05) is 19.0 Å². The van der Waals surface area contributed by atoms with Gasteiger partial charge < -0.3 is 0 Å². The van der Waals surface area contributed by atoms with Gasteiger partial charge in [0.1, 0.15) is 0 Å². The summed E-state index contributed by atoms with van der Waals surface area (Å²) in [5.74, 6) is -0.481. The van der Waals surface area contributed by atoms with Crippen molar-refractivity contribution < 1.29 is 9.59 Å². The number of nitrogens with zero attached hydrogens (tertiary/aromatic N) is 3. The van der Waals surface area contributed by atoms with Gasteiger partial charge in [-0.15, -0.1) is 0 Å². The molecule has 1 saturated heterocycles. The summed E-state index contributed by atoms with van der Waals surface area (Å²) >= 11 is 0.895. The first-order chi connectivity index (χ1) is 15.7. The number of carbonyl (C=O) groups is 2. The Morgan fingerprint density at radius 2 is 1.33 bits per heavy atom. The van der Waals surface area contributed by atoms with Crippen LogP contribution >= 0.6 is 0 Å². The molecule has 0 aliphatic carbocycles. The zero-order valence-corrected chi connectivity index (χ0v) is 23.5. The first kappa shape index (κ1) is 22.6. The first-order valence-corrected chi connectivity index (χ1v) is 14.1. The molecule has 0 atom stereocenters. The van der Waals surface area contributed by atoms with E-state index in [0.717, 1.165) is 3.58 Å². The minimum absolute atomic E-state index is 0.0909. The van der Waals surface area contributed by atoms with Crippen LogP contribution in [-0.2, 0) is 15.0 Å². The predicted molar refractivity (Wildman–Crippen MR) is 134 cm³/mol. The molecule has 5 rings (SSSR count). The molecule has 2 aliphatic heterocycles. The molecule has 0 unspecified atom stereocenters. The molecule has 166 valence electrons. The predicted octanol–water partition coefficient (Wildman–Crippen LogP) is 3.42. The van der Waals surface area contributed by atoms with E-state index in [1.165, 1.54) is 26.2 Å². The molecule has 2 aliphatic rings. The van der Waals surface area contributed by atoms with E-state index in [-0.39, 0.29) is 22.8 Å². The zero-order valence-electron chi connectivity index (χ0n) is 18.8.